The van der Waals surface area contributed by atoms with Crippen LogP contribution in [0.15, 0.2) is 29.2 Å². The number of amides is 1. The average Bonchev–Trinajstić information content (AvgIpc) is 3.18. The van der Waals surface area contributed by atoms with E-state index in [9.17, 15) is 17.6 Å². The molecule has 0 aliphatic carbocycles. The maximum absolute atomic E-state index is 13.5. The minimum atomic E-state index is -3.91. The van der Waals surface area contributed by atoms with Crippen LogP contribution in [0.2, 0.25) is 0 Å². The van der Waals surface area contributed by atoms with Gasteiger partial charge >= 0.3 is 0 Å². The Morgan fingerprint density at radius 3 is 2.78 bits per heavy atom. The number of hydrogen-bond acceptors (Lipinski definition) is 5. The van der Waals surface area contributed by atoms with Crippen LogP contribution in [0.5, 0.6) is 0 Å². The van der Waals surface area contributed by atoms with Gasteiger partial charge in [0.1, 0.15) is 5.82 Å². The maximum Gasteiger partial charge on any atom is 0.243 e. The summed E-state index contributed by atoms with van der Waals surface area (Å²) in [5.41, 5.74) is 0. The first-order chi connectivity index (χ1) is 13.0. The fourth-order valence-electron chi connectivity index (χ4n) is 3.39. The molecule has 1 aromatic rings. The van der Waals surface area contributed by atoms with E-state index < -0.39 is 15.8 Å². The number of nitrogens with one attached hydrogen (secondary N) is 1. The zero-order valence-corrected chi connectivity index (χ0v) is 16.1. The summed E-state index contributed by atoms with van der Waals surface area (Å²) >= 11 is 0. The lowest BCUT2D eigenvalue weighted by molar-refractivity contribution is -0.131. The number of sulfonamides is 1. The van der Waals surface area contributed by atoms with Crippen LogP contribution in [0, 0.1) is 5.82 Å². The Balaban J connectivity index is 1.72. The Morgan fingerprint density at radius 1 is 1.33 bits per heavy atom. The van der Waals surface area contributed by atoms with E-state index in [0.717, 1.165) is 32.0 Å². The average molecular weight is 399 g/mol. The predicted octanol–water partition coefficient (Wildman–Crippen LogP) is 0.817. The molecule has 3 rings (SSSR count). The van der Waals surface area contributed by atoms with E-state index in [-0.39, 0.29) is 36.4 Å². The normalized spacial score (nSPS) is 21.0. The molecule has 0 spiro atoms. The summed E-state index contributed by atoms with van der Waals surface area (Å²) in [5.74, 6) is -0.673. The minimum absolute atomic E-state index is 0.0570. The molecule has 2 heterocycles. The standard InChI is InChI=1S/C18H26FN3O4S/c19-15-3-1-5-17(13-15)27(24,25)22(14-16-4-2-12-26-16)9-6-18(23)21-10-7-20-8-11-21/h1,3,5,13,16,20H,2,4,6-12,14H2. The molecule has 2 aliphatic heterocycles. The van der Waals surface area contributed by atoms with Crippen molar-refractivity contribution in [3.05, 3.63) is 30.1 Å². The SMILES string of the molecule is O=C(CCN(CC1CCCO1)S(=O)(=O)c1cccc(F)c1)N1CCNCC1. The number of hydrogen-bond donors (Lipinski definition) is 1. The highest BCUT2D eigenvalue weighted by Gasteiger charge is 2.30. The van der Waals surface area contributed by atoms with Crippen molar-refractivity contribution in [1.29, 1.82) is 0 Å². The molecule has 0 saturated carbocycles. The van der Waals surface area contributed by atoms with Crippen molar-refractivity contribution < 1.29 is 22.3 Å². The Bertz CT molecular complexity index is 747. The van der Waals surface area contributed by atoms with E-state index in [2.05, 4.69) is 5.32 Å². The topological polar surface area (TPSA) is 79.0 Å². The summed E-state index contributed by atoms with van der Waals surface area (Å²) in [6.07, 6.45) is 1.57. The smallest absolute Gasteiger partial charge is 0.243 e. The minimum Gasteiger partial charge on any atom is -0.377 e. The molecule has 1 aromatic carbocycles. The first-order valence-electron chi connectivity index (χ1n) is 9.32. The van der Waals surface area contributed by atoms with Crippen LogP contribution < -0.4 is 5.32 Å². The number of carbonyl (C=O) groups is 1. The van der Waals surface area contributed by atoms with E-state index in [4.69, 9.17) is 4.74 Å². The molecule has 1 unspecified atom stereocenters. The summed E-state index contributed by atoms with van der Waals surface area (Å²) in [6, 6.07) is 4.96. The van der Waals surface area contributed by atoms with E-state index >= 15 is 0 Å². The van der Waals surface area contributed by atoms with Crippen LogP contribution in [0.25, 0.3) is 0 Å². The van der Waals surface area contributed by atoms with Gasteiger partial charge in [-0.3, -0.25) is 4.79 Å². The Morgan fingerprint density at radius 2 is 2.11 bits per heavy atom. The van der Waals surface area contributed by atoms with Crippen LogP contribution in [0.3, 0.4) is 0 Å². The van der Waals surface area contributed by atoms with Gasteiger partial charge in [-0.05, 0) is 31.0 Å². The number of halogens is 1. The Labute approximate surface area is 159 Å². The number of carbonyl (C=O) groups excluding carboxylic acids is 1. The fourth-order valence-corrected chi connectivity index (χ4v) is 4.90. The highest BCUT2D eigenvalue weighted by Crippen LogP contribution is 2.21. The molecule has 2 fully saturated rings. The van der Waals surface area contributed by atoms with Crippen LogP contribution >= 0.6 is 0 Å². The number of rotatable bonds is 7. The Kier molecular flexibility index (Phi) is 6.80. The molecular weight excluding hydrogens is 373 g/mol. The van der Waals surface area contributed by atoms with Crippen LogP contribution in [0.1, 0.15) is 19.3 Å². The summed E-state index contributed by atoms with van der Waals surface area (Å²) in [5, 5.41) is 3.18. The molecule has 0 aromatic heterocycles. The summed E-state index contributed by atoms with van der Waals surface area (Å²) < 4.78 is 46.4. The van der Waals surface area contributed by atoms with Crippen molar-refractivity contribution in [2.75, 3.05) is 45.9 Å². The van der Waals surface area contributed by atoms with Gasteiger partial charge in [-0.1, -0.05) is 6.07 Å². The first-order valence-corrected chi connectivity index (χ1v) is 10.8. The van der Waals surface area contributed by atoms with E-state index in [1.807, 2.05) is 0 Å². The second-order valence-electron chi connectivity index (χ2n) is 6.84. The number of nitrogens with zero attached hydrogens (tertiary/aromatic N) is 2. The zero-order chi connectivity index (χ0) is 19.3. The van der Waals surface area contributed by atoms with Gasteiger partial charge in [0.25, 0.3) is 0 Å². The van der Waals surface area contributed by atoms with Gasteiger partial charge in [0.2, 0.25) is 15.9 Å². The van der Waals surface area contributed by atoms with Gasteiger partial charge in [0.05, 0.1) is 11.0 Å². The third-order valence-corrected chi connectivity index (χ3v) is 6.77. The fraction of sp³-hybridized carbons (Fsp3) is 0.611. The molecule has 2 aliphatic rings. The molecule has 27 heavy (non-hydrogen) atoms. The monoisotopic (exact) mass is 399 g/mol. The summed E-state index contributed by atoms with van der Waals surface area (Å²) in [7, 11) is -3.91. The maximum atomic E-state index is 13.5. The second-order valence-corrected chi connectivity index (χ2v) is 8.77. The molecule has 150 valence electrons. The van der Waals surface area contributed by atoms with E-state index in [1.54, 1.807) is 4.90 Å². The molecule has 2 saturated heterocycles. The van der Waals surface area contributed by atoms with Gasteiger partial charge in [0, 0.05) is 52.3 Å². The molecule has 9 heteroatoms. The summed E-state index contributed by atoms with van der Waals surface area (Å²) in [4.78, 5) is 14.1. The van der Waals surface area contributed by atoms with E-state index in [1.165, 1.54) is 22.5 Å². The first kappa shape index (κ1) is 20.2. The van der Waals surface area contributed by atoms with Gasteiger partial charge in [-0.25, -0.2) is 12.8 Å². The molecule has 1 atom stereocenters. The highest BCUT2D eigenvalue weighted by atomic mass is 32.2. The van der Waals surface area contributed by atoms with Crippen molar-refractivity contribution in [3.8, 4) is 0 Å². The van der Waals surface area contributed by atoms with Crippen LogP contribution in [-0.2, 0) is 19.6 Å². The largest absolute Gasteiger partial charge is 0.377 e. The quantitative estimate of drug-likeness (QED) is 0.734. The van der Waals surface area contributed by atoms with Crippen LogP contribution in [-0.4, -0.2) is 75.5 Å². The molecule has 1 amide bonds. The van der Waals surface area contributed by atoms with Crippen molar-refractivity contribution in [1.82, 2.24) is 14.5 Å². The van der Waals surface area contributed by atoms with E-state index in [0.29, 0.717) is 19.7 Å². The predicted molar refractivity (Wildman–Crippen MR) is 98.2 cm³/mol. The second kappa shape index (κ2) is 9.09. The van der Waals surface area contributed by atoms with Crippen molar-refractivity contribution in [2.24, 2.45) is 0 Å². The molecule has 0 radical (unpaired) electrons. The van der Waals surface area contributed by atoms with Crippen molar-refractivity contribution >= 4 is 15.9 Å². The molecule has 7 nitrogen and oxygen atoms in total. The lowest BCUT2D eigenvalue weighted by Gasteiger charge is -2.29. The Hall–Kier alpha value is -1.55. The molecule has 0 bridgehead atoms. The lowest BCUT2D eigenvalue weighted by atomic mass is 10.2. The number of benzene rings is 1. The van der Waals surface area contributed by atoms with Gasteiger partial charge in [-0.15, -0.1) is 0 Å². The zero-order valence-electron chi connectivity index (χ0n) is 15.3. The van der Waals surface area contributed by atoms with Crippen molar-refractivity contribution in [3.63, 3.8) is 0 Å². The third-order valence-electron chi connectivity index (χ3n) is 4.91. The molecular formula is C18H26FN3O4S. The van der Waals surface area contributed by atoms with Gasteiger partial charge < -0.3 is 15.0 Å². The molecule has 1 N–H and O–H groups in total. The van der Waals surface area contributed by atoms with Gasteiger partial charge in [-0.2, -0.15) is 4.31 Å². The lowest BCUT2D eigenvalue weighted by Crippen LogP contribution is -2.47. The van der Waals surface area contributed by atoms with Crippen LogP contribution in [0.4, 0.5) is 4.39 Å². The van der Waals surface area contributed by atoms with Crippen molar-refractivity contribution in [2.45, 2.75) is 30.3 Å². The summed E-state index contributed by atoms with van der Waals surface area (Å²) in [6.45, 7) is 3.58. The number of piperazine rings is 1. The highest BCUT2D eigenvalue weighted by molar-refractivity contribution is 7.89. The number of ether oxygens (including phenoxy) is 1. The van der Waals surface area contributed by atoms with Gasteiger partial charge in [0.15, 0.2) is 0 Å². The third kappa shape index (κ3) is 5.25.